The van der Waals surface area contributed by atoms with Gasteiger partial charge in [0.2, 0.25) is 0 Å². The molecule has 0 radical (unpaired) electrons. The number of rotatable bonds is 4. The minimum absolute atomic E-state index is 0. The molecule has 0 aromatic heterocycles. The topological polar surface area (TPSA) is 0 Å². The van der Waals surface area contributed by atoms with E-state index in [9.17, 15) is 0 Å². The van der Waals surface area contributed by atoms with Crippen LogP contribution >= 0.6 is 0 Å². The third-order valence-electron chi connectivity index (χ3n) is 0.986. The number of hydrogen-bond donors (Lipinski definition) is 0. The predicted octanol–water partition coefficient (Wildman–Crippen LogP) is -0.649. The Labute approximate surface area is 65.2 Å². The molecule has 0 rings (SSSR count). The van der Waals surface area contributed by atoms with Crippen LogP contribution in [-0.2, 0) is 0 Å². The molecule has 0 nitrogen and oxygen atoms in total. The first-order valence-corrected chi connectivity index (χ1v) is 4.86. The summed E-state index contributed by atoms with van der Waals surface area (Å²) in [5.74, 6) is 0. The summed E-state index contributed by atoms with van der Waals surface area (Å²) >= 11 is 0.822. The van der Waals surface area contributed by atoms with Gasteiger partial charge in [-0.15, -0.1) is 0 Å². The van der Waals surface area contributed by atoms with Crippen LogP contribution in [0.2, 0.25) is 10.6 Å². The van der Waals surface area contributed by atoms with E-state index in [1.165, 1.54) is 23.4 Å². The average molecular weight is 149 g/mol. The zero-order valence-electron chi connectivity index (χ0n) is 5.78. The quantitative estimate of drug-likeness (QED) is 0.367. The van der Waals surface area contributed by atoms with Gasteiger partial charge in [-0.2, -0.15) is 0 Å². The minimum Gasteiger partial charge on any atom is -1.00 e. The van der Waals surface area contributed by atoms with Gasteiger partial charge in [-0.1, -0.05) is 0 Å². The molecule has 0 amide bonds. The molecule has 0 N–H and O–H groups in total. The maximum Gasteiger partial charge on any atom is -1.00 e. The molecule has 0 fully saturated rings. The molecule has 0 saturated heterocycles. The van der Waals surface area contributed by atoms with Gasteiger partial charge in [-0.25, -0.2) is 0 Å². The van der Waals surface area contributed by atoms with Crippen molar-refractivity contribution in [1.29, 1.82) is 0 Å². The van der Waals surface area contributed by atoms with Crippen molar-refractivity contribution in [3.05, 3.63) is 0 Å². The van der Waals surface area contributed by atoms with Crippen molar-refractivity contribution in [2.75, 3.05) is 0 Å². The summed E-state index contributed by atoms with van der Waals surface area (Å²) in [5.41, 5.74) is 0. The Morgan fingerprint density at radius 2 is 1.38 bits per heavy atom. The van der Waals surface area contributed by atoms with Crippen molar-refractivity contribution in [2.45, 2.75) is 37.3 Å². The van der Waals surface area contributed by atoms with Gasteiger partial charge in [-0.3, -0.25) is 0 Å². The molecule has 0 aromatic rings. The van der Waals surface area contributed by atoms with Gasteiger partial charge in [0.05, 0.1) is 0 Å². The standard InChI is InChI=1S/2C3H7.Al.ClH/c2*1-3-2;;/h2*1,3H2,2H3;;1H/q;;+1;/p-1. The van der Waals surface area contributed by atoms with Gasteiger partial charge in [0.25, 0.3) is 0 Å². The second-order valence-corrected chi connectivity index (χ2v) is 3.60. The third-order valence-corrected chi connectivity index (χ3v) is 2.96. The van der Waals surface area contributed by atoms with Crippen LogP contribution in [0.15, 0.2) is 0 Å². The summed E-state index contributed by atoms with van der Waals surface area (Å²) < 4.78 is 0. The molecule has 2 heteroatoms. The molecule has 0 aromatic carbocycles. The van der Waals surface area contributed by atoms with Crippen LogP contribution < -0.4 is 12.4 Å². The van der Waals surface area contributed by atoms with E-state index in [2.05, 4.69) is 13.8 Å². The number of hydrogen-bond acceptors (Lipinski definition) is 0. The van der Waals surface area contributed by atoms with Gasteiger partial charge in [-0.05, 0) is 0 Å². The van der Waals surface area contributed by atoms with Crippen LogP contribution in [0, 0.1) is 0 Å². The van der Waals surface area contributed by atoms with E-state index in [1.54, 1.807) is 0 Å². The molecule has 8 heavy (non-hydrogen) atoms. The number of halogens is 1. The maximum absolute atomic E-state index is 2.27. The zero-order chi connectivity index (χ0) is 5.54. The molecule has 0 atom stereocenters. The molecule has 0 aliphatic rings. The van der Waals surface area contributed by atoms with Crippen molar-refractivity contribution in [3.8, 4) is 0 Å². The Balaban J connectivity index is 0. The van der Waals surface area contributed by atoms with Gasteiger partial charge in [0.15, 0.2) is 0 Å². The van der Waals surface area contributed by atoms with Gasteiger partial charge in [0, 0.05) is 0 Å². The molecule has 0 unspecified atom stereocenters. The van der Waals surface area contributed by atoms with Crippen LogP contribution in [0.3, 0.4) is 0 Å². The molecular weight excluding hydrogens is 135 g/mol. The molecule has 0 heterocycles. The van der Waals surface area contributed by atoms with Gasteiger partial charge < -0.3 is 12.4 Å². The van der Waals surface area contributed by atoms with E-state index < -0.39 is 0 Å². The van der Waals surface area contributed by atoms with E-state index in [4.69, 9.17) is 0 Å². The summed E-state index contributed by atoms with van der Waals surface area (Å²) in [6.07, 6.45) is 2.80. The Kier molecular flexibility index (Phi) is 15.6. The van der Waals surface area contributed by atoms with E-state index in [0.29, 0.717) is 0 Å². The Bertz CT molecular complexity index is 27.7. The summed E-state index contributed by atoms with van der Waals surface area (Å²) in [7, 11) is 0. The fourth-order valence-electron chi connectivity index (χ4n) is 0.553. The fourth-order valence-corrected chi connectivity index (χ4v) is 1.66. The Morgan fingerprint density at radius 3 is 1.62 bits per heavy atom. The predicted molar refractivity (Wildman–Crippen MR) is 35.9 cm³/mol. The summed E-state index contributed by atoms with van der Waals surface area (Å²) in [6, 6.07) is 0. The van der Waals surface area contributed by atoms with Crippen molar-refractivity contribution in [1.82, 2.24) is 0 Å². The first kappa shape index (κ1) is 11.6. The van der Waals surface area contributed by atoms with E-state index >= 15 is 0 Å². The van der Waals surface area contributed by atoms with E-state index in [-0.39, 0.29) is 12.4 Å². The second-order valence-electron chi connectivity index (χ2n) is 1.87. The van der Waals surface area contributed by atoms with Crippen molar-refractivity contribution >= 4 is 15.2 Å². The largest absolute Gasteiger partial charge is 1.00 e. The molecule has 0 bridgehead atoms. The van der Waals surface area contributed by atoms with Crippen LogP contribution in [-0.4, -0.2) is 15.2 Å². The van der Waals surface area contributed by atoms with Crippen molar-refractivity contribution < 1.29 is 12.4 Å². The maximum atomic E-state index is 2.27. The Morgan fingerprint density at radius 1 is 1.00 bits per heavy atom. The average Bonchev–Trinajstić information content (AvgIpc) is 1.69. The smallest absolute Gasteiger partial charge is 1.00 e. The normalized spacial score (nSPS) is 7.25. The van der Waals surface area contributed by atoms with E-state index in [0.717, 1.165) is 15.2 Å². The molecule has 0 saturated carbocycles. The fraction of sp³-hybridized carbons (Fsp3) is 1.00. The Hall–Kier alpha value is 0.822. The summed E-state index contributed by atoms with van der Waals surface area (Å²) in [5, 5.41) is 3.02. The molecule has 48 valence electrons. The monoisotopic (exact) mass is 148 g/mol. The van der Waals surface area contributed by atoms with Crippen molar-refractivity contribution in [3.63, 3.8) is 0 Å². The molecule has 0 spiro atoms. The van der Waals surface area contributed by atoms with Gasteiger partial charge in [0.1, 0.15) is 0 Å². The molecule has 0 aliphatic heterocycles. The zero-order valence-corrected chi connectivity index (χ0v) is 7.69. The molecule has 0 aliphatic carbocycles. The third kappa shape index (κ3) is 9.95. The summed E-state index contributed by atoms with van der Waals surface area (Å²) in [6.45, 7) is 4.53. The van der Waals surface area contributed by atoms with Crippen LogP contribution in [0.4, 0.5) is 0 Å². The van der Waals surface area contributed by atoms with E-state index in [1.807, 2.05) is 0 Å². The van der Waals surface area contributed by atoms with Crippen LogP contribution in [0.5, 0.6) is 0 Å². The minimum atomic E-state index is 0. The molecular formula is C6H14AlCl. The second kappa shape index (κ2) is 10.7. The summed E-state index contributed by atoms with van der Waals surface area (Å²) in [4.78, 5) is 0. The van der Waals surface area contributed by atoms with Gasteiger partial charge >= 0.3 is 52.5 Å². The van der Waals surface area contributed by atoms with Crippen molar-refractivity contribution in [2.24, 2.45) is 0 Å². The van der Waals surface area contributed by atoms with Crippen LogP contribution in [0.1, 0.15) is 26.7 Å². The first-order valence-electron chi connectivity index (χ1n) is 3.23. The first-order chi connectivity index (χ1) is 3.41. The SMILES string of the molecule is CC[CH2][Al+][CH2]CC.[Cl-]. The van der Waals surface area contributed by atoms with Crippen LogP contribution in [0.25, 0.3) is 0 Å².